The summed E-state index contributed by atoms with van der Waals surface area (Å²) in [5.74, 6) is 0.132. The van der Waals surface area contributed by atoms with Crippen molar-refractivity contribution in [2.45, 2.75) is 39.0 Å². The highest BCUT2D eigenvalue weighted by Crippen LogP contribution is 2.27. The van der Waals surface area contributed by atoms with Gasteiger partial charge in [0.25, 0.3) is 0 Å². The summed E-state index contributed by atoms with van der Waals surface area (Å²) in [5, 5.41) is 12.2. The lowest BCUT2D eigenvalue weighted by Gasteiger charge is -2.38. The quantitative estimate of drug-likeness (QED) is 0.816. The van der Waals surface area contributed by atoms with Crippen LogP contribution in [-0.2, 0) is 9.59 Å². The van der Waals surface area contributed by atoms with Crippen LogP contribution in [0.2, 0.25) is 0 Å². The Balaban J connectivity index is 1.88. The fourth-order valence-electron chi connectivity index (χ4n) is 3.44. The number of hydrogen-bond donors (Lipinski definition) is 2. The van der Waals surface area contributed by atoms with Crippen LogP contribution < -0.4 is 5.32 Å². The summed E-state index contributed by atoms with van der Waals surface area (Å²) in [6.07, 6.45) is 4.31. The highest BCUT2D eigenvalue weighted by molar-refractivity contribution is 5.79. The molecule has 0 radical (unpaired) electrons. The zero-order chi connectivity index (χ0) is 14.5. The molecule has 5 nitrogen and oxygen atoms in total. The van der Waals surface area contributed by atoms with E-state index in [0.717, 1.165) is 51.9 Å². The second-order valence-corrected chi connectivity index (χ2v) is 6.30. The number of amides is 1. The standard InChI is InChI=1S/C15H26N2O3/c1-11(8-14(18)19)13-5-3-7-17(10-13)15(20)12-4-2-6-16-9-12/h11-13,16H,2-10H2,1H3,(H,18,19). The van der Waals surface area contributed by atoms with Crippen LogP contribution in [0.25, 0.3) is 0 Å². The molecule has 2 heterocycles. The van der Waals surface area contributed by atoms with E-state index in [1.807, 2.05) is 11.8 Å². The molecule has 2 N–H and O–H groups in total. The number of aliphatic carboxylic acids is 1. The predicted octanol–water partition coefficient (Wildman–Crippen LogP) is 1.34. The second kappa shape index (κ2) is 7.07. The van der Waals surface area contributed by atoms with Crippen molar-refractivity contribution in [2.75, 3.05) is 26.2 Å². The summed E-state index contributed by atoms with van der Waals surface area (Å²) < 4.78 is 0. The highest BCUT2D eigenvalue weighted by Gasteiger charge is 2.32. The summed E-state index contributed by atoms with van der Waals surface area (Å²) in [6.45, 7) is 5.39. The average Bonchev–Trinajstić information content (AvgIpc) is 2.47. The topological polar surface area (TPSA) is 69.6 Å². The lowest BCUT2D eigenvalue weighted by molar-refractivity contribution is -0.139. The number of carbonyl (C=O) groups is 2. The van der Waals surface area contributed by atoms with Crippen LogP contribution >= 0.6 is 0 Å². The van der Waals surface area contributed by atoms with E-state index >= 15 is 0 Å². The number of carboxylic acid groups (broad SMARTS) is 1. The van der Waals surface area contributed by atoms with Gasteiger partial charge in [-0.05, 0) is 44.1 Å². The summed E-state index contributed by atoms with van der Waals surface area (Å²) in [5.41, 5.74) is 0. The molecule has 0 spiro atoms. The van der Waals surface area contributed by atoms with Crippen LogP contribution in [0.3, 0.4) is 0 Å². The normalized spacial score (nSPS) is 28.9. The van der Waals surface area contributed by atoms with Gasteiger partial charge in [-0.15, -0.1) is 0 Å². The Labute approximate surface area is 120 Å². The van der Waals surface area contributed by atoms with E-state index in [4.69, 9.17) is 5.11 Å². The molecule has 0 aromatic rings. The van der Waals surface area contributed by atoms with Crippen LogP contribution in [0.15, 0.2) is 0 Å². The number of piperidine rings is 2. The molecule has 5 heteroatoms. The van der Waals surface area contributed by atoms with Crippen molar-refractivity contribution >= 4 is 11.9 Å². The maximum absolute atomic E-state index is 12.5. The molecule has 1 amide bonds. The van der Waals surface area contributed by atoms with Crippen molar-refractivity contribution < 1.29 is 14.7 Å². The third-order valence-electron chi connectivity index (χ3n) is 4.72. The van der Waals surface area contributed by atoms with Crippen molar-refractivity contribution in [3.63, 3.8) is 0 Å². The van der Waals surface area contributed by atoms with Crippen molar-refractivity contribution in [3.8, 4) is 0 Å². The number of nitrogens with one attached hydrogen (secondary N) is 1. The van der Waals surface area contributed by atoms with Gasteiger partial charge in [0.05, 0.1) is 5.92 Å². The number of rotatable bonds is 4. The molecular weight excluding hydrogens is 256 g/mol. The average molecular weight is 282 g/mol. The lowest BCUT2D eigenvalue weighted by atomic mass is 9.84. The Hall–Kier alpha value is -1.10. The second-order valence-electron chi connectivity index (χ2n) is 6.30. The van der Waals surface area contributed by atoms with Crippen LogP contribution in [0.5, 0.6) is 0 Å². The van der Waals surface area contributed by atoms with Crippen LogP contribution in [-0.4, -0.2) is 48.1 Å². The molecule has 3 unspecified atom stereocenters. The van der Waals surface area contributed by atoms with E-state index in [2.05, 4.69) is 5.32 Å². The van der Waals surface area contributed by atoms with Gasteiger partial charge >= 0.3 is 5.97 Å². The maximum Gasteiger partial charge on any atom is 0.303 e. The number of carbonyl (C=O) groups excluding carboxylic acids is 1. The molecule has 2 aliphatic heterocycles. The van der Waals surface area contributed by atoms with Crippen molar-refractivity contribution in [1.29, 1.82) is 0 Å². The first kappa shape index (κ1) is 15.3. The first-order chi connectivity index (χ1) is 9.58. The molecule has 114 valence electrons. The first-order valence-corrected chi connectivity index (χ1v) is 7.79. The van der Waals surface area contributed by atoms with Gasteiger partial charge in [0, 0.05) is 26.1 Å². The molecule has 2 saturated heterocycles. The molecule has 0 aromatic heterocycles. The monoisotopic (exact) mass is 282 g/mol. The third-order valence-corrected chi connectivity index (χ3v) is 4.72. The van der Waals surface area contributed by atoms with Crippen LogP contribution in [0.4, 0.5) is 0 Å². The Bertz CT molecular complexity index is 353. The molecule has 2 rings (SSSR count). The minimum absolute atomic E-state index is 0.122. The van der Waals surface area contributed by atoms with Gasteiger partial charge in [-0.3, -0.25) is 9.59 Å². The van der Waals surface area contributed by atoms with Gasteiger partial charge in [-0.25, -0.2) is 0 Å². The molecule has 20 heavy (non-hydrogen) atoms. The Morgan fingerprint density at radius 1 is 1.35 bits per heavy atom. The van der Waals surface area contributed by atoms with E-state index in [9.17, 15) is 9.59 Å². The Morgan fingerprint density at radius 2 is 2.15 bits per heavy atom. The zero-order valence-corrected chi connectivity index (χ0v) is 12.3. The lowest BCUT2D eigenvalue weighted by Crippen LogP contribution is -2.47. The van der Waals surface area contributed by atoms with Crippen molar-refractivity contribution in [2.24, 2.45) is 17.8 Å². The van der Waals surface area contributed by atoms with Crippen LogP contribution in [0, 0.1) is 17.8 Å². The van der Waals surface area contributed by atoms with E-state index in [-0.39, 0.29) is 24.2 Å². The maximum atomic E-state index is 12.5. The van der Waals surface area contributed by atoms with Crippen LogP contribution in [0.1, 0.15) is 39.0 Å². The molecular formula is C15H26N2O3. The minimum atomic E-state index is -0.738. The SMILES string of the molecule is CC(CC(=O)O)C1CCCN(C(=O)C2CCCNC2)C1. The predicted molar refractivity (Wildman–Crippen MR) is 76.3 cm³/mol. The van der Waals surface area contributed by atoms with E-state index in [1.165, 1.54) is 0 Å². The summed E-state index contributed by atoms with van der Waals surface area (Å²) >= 11 is 0. The Morgan fingerprint density at radius 3 is 2.80 bits per heavy atom. The molecule has 0 saturated carbocycles. The molecule has 2 aliphatic rings. The first-order valence-electron chi connectivity index (χ1n) is 7.79. The molecule has 0 aromatic carbocycles. The summed E-state index contributed by atoms with van der Waals surface area (Å²) in [6, 6.07) is 0. The van der Waals surface area contributed by atoms with Gasteiger partial charge in [0.15, 0.2) is 0 Å². The van der Waals surface area contributed by atoms with Gasteiger partial charge in [-0.2, -0.15) is 0 Å². The molecule has 3 atom stereocenters. The summed E-state index contributed by atoms with van der Waals surface area (Å²) in [4.78, 5) is 25.3. The van der Waals surface area contributed by atoms with E-state index < -0.39 is 5.97 Å². The van der Waals surface area contributed by atoms with E-state index in [1.54, 1.807) is 0 Å². The largest absolute Gasteiger partial charge is 0.481 e. The fourth-order valence-corrected chi connectivity index (χ4v) is 3.44. The third kappa shape index (κ3) is 3.95. The zero-order valence-electron chi connectivity index (χ0n) is 12.3. The van der Waals surface area contributed by atoms with Gasteiger partial charge in [0.2, 0.25) is 5.91 Å². The Kier molecular flexibility index (Phi) is 5.40. The van der Waals surface area contributed by atoms with E-state index in [0.29, 0.717) is 5.92 Å². The van der Waals surface area contributed by atoms with Gasteiger partial charge in [0.1, 0.15) is 0 Å². The summed E-state index contributed by atoms with van der Waals surface area (Å²) in [7, 11) is 0. The van der Waals surface area contributed by atoms with Gasteiger partial charge in [-0.1, -0.05) is 6.92 Å². The molecule has 2 fully saturated rings. The van der Waals surface area contributed by atoms with Crippen molar-refractivity contribution in [3.05, 3.63) is 0 Å². The number of likely N-dealkylation sites (tertiary alicyclic amines) is 1. The number of hydrogen-bond acceptors (Lipinski definition) is 3. The minimum Gasteiger partial charge on any atom is -0.481 e. The number of carboxylic acids is 1. The number of nitrogens with zero attached hydrogens (tertiary/aromatic N) is 1. The van der Waals surface area contributed by atoms with Crippen molar-refractivity contribution in [1.82, 2.24) is 10.2 Å². The molecule has 0 aliphatic carbocycles. The highest BCUT2D eigenvalue weighted by atomic mass is 16.4. The smallest absolute Gasteiger partial charge is 0.303 e. The molecule has 0 bridgehead atoms. The fraction of sp³-hybridized carbons (Fsp3) is 0.867. The van der Waals surface area contributed by atoms with Gasteiger partial charge < -0.3 is 15.3 Å².